The van der Waals surface area contributed by atoms with Crippen LogP contribution in [0.25, 0.3) is 0 Å². The van der Waals surface area contributed by atoms with E-state index in [0.29, 0.717) is 54.6 Å². The predicted molar refractivity (Wildman–Crippen MR) is 154 cm³/mol. The summed E-state index contributed by atoms with van der Waals surface area (Å²) in [4.78, 5) is 37.1. The Kier molecular flexibility index (Phi) is 12.9. The van der Waals surface area contributed by atoms with Gasteiger partial charge in [-0.15, -0.1) is 0 Å². The number of likely N-dealkylation sites (N-methyl/N-ethyl adjacent to an activating group) is 2. The molecule has 2 rings (SSSR count). The molecular weight excluding hydrogens is 497 g/mol. The van der Waals surface area contributed by atoms with Gasteiger partial charge in [-0.2, -0.15) is 4.98 Å². The van der Waals surface area contributed by atoms with Crippen molar-refractivity contribution in [2.45, 2.75) is 46.1 Å². The summed E-state index contributed by atoms with van der Waals surface area (Å²) in [6.07, 6.45) is 5.38. The molecule has 39 heavy (non-hydrogen) atoms. The number of nitrogens with zero attached hydrogens (tertiary/aromatic N) is 4. The zero-order chi connectivity index (χ0) is 28.8. The highest BCUT2D eigenvalue weighted by Crippen LogP contribution is 2.21. The molecule has 10 heteroatoms. The molecule has 2 aromatic rings. The molecule has 9 nitrogen and oxygen atoms in total. The van der Waals surface area contributed by atoms with E-state index in [1.165, 1.54) is 23.1 Å². The van der Waals surface area contributed by atoms with Gasteiger partial charge in [-0.1, -0.05) is 30.9 Å². The Morgan fingerprint density at radius 1 is 1.18 bits per heavy atom. The lowest BCUT2D eigenvalue weighted by Crippen LogP contribution is -2.45. The molecule has 1 heterocycles. The SMILES string of the molecule is CCCNc1nc(Nc2cccc(F)c2)nc(C)c1C#CCCCNC(=O)[C@H](C)N(C)C(=O)/C=C/CN(C)C. The number of nitrogens with one attached hydrogen (secondary N) is 3. The molecule has 2 amide bonds. The van der Waals surface area contributed by atoms with Crippen LogP contribution in [0, 0.1) is 24.6 Å². The first kappa shape index (κ1) is 31.2. The van der Waals surface area contributed by atoms with Crippen molar-refractivity contribution in [3.63, 3.8) is 0 Å². The fourth-order valence-corrected chi connectivity index (χ4v) is 3.38. The molecular formula is C29H40FN7O2. The van der Waals surface area contributed by atoms with Crippen LogP contribution >= 0.6 is 0 Å². The Bertz CT molecular complexity index is 1200. The summed E-state index contributed by atoms with van der Waals surface area (Å²) < 4.78 is 13.5. The third-order valence-corrected chi connectivity index (χ3v) is 5.74. The first-order valence-electron chi connectivity index (χ1n) is 13.1. The molecule has 0 aliphatic heterocycles. The van der Waals surface area contributed by atoms with E-state index in [1.807, 2.05) is 25.9 Å². The van der Waals surface area contributed by atoms with Crippen molar-refractivity contribution in [1.29, 1.82) is 0 Å². The van der Waals surface area contributed by atoms with Crippen LogP contribution in [0.15, 0.2) is 36.4 Å². The number of benzene rings is 1. The number of hydrogen-bond acceptors (Lipinski definition) is 7. The first-order valence-corrected chi connectivity index (χ1v) is 13.1. The highest BCUT2D eigenvalue weighted by Gasteiger charge is 2.20. The summed E-state index contributed by atoms with van der Waals surface area (Å²) in [6, 6.07) is 5.53. The van der Waals surface area contributed by atoms with Gasteiger partial charge in [0.25, 0.3) is 0 Å². The maximum Gasteiger partial charge on any atom is 0.246 e. The van der Waals surface area contributed by atoms with E-state index in [-0.39, 0.29) is 17.6 Å². The normalized spacial score (nSPS) is 11.6. The zero-order valence-corrected chi connectivity index (χ0v) is 23.8. The van der Waals surface area contributed by atoms with Crippen molar-refractivity contribution in [1.82, 2.24) is 25.1 Å². The standard InChI is InChI=1S/C29H40FN7O2/c1-7-17-31-27-25(21(2)33-29(35-27)34-24-14-11-13-23(30)20-24)15-9-8-10-18-32-28(39)22(3)37(6)26(38)16-12-19-36(4)5/h11-14,16,20,22H,7-8,10,17-19H2,1-6H3,(H,32,39)(H2,31,33,34,35)/b16-12+/t22-/m0/s1. The zero-order valence-electron chi connectivity index (χ0n) is 23.8. The summed E-state index contributed by atoms with van der Waals surface area (Å²) in [5, 5.41) is 9.21. The third kappa shape index (κ3) is 10.7. The van der Waals surface area contributed by atoms with Crippen LogP contribution in [0.3, 0.4) is 0 Å². The van der Waals surface area contributed by atoms with Gasteiger partial charge in [-0.25, -0.2) is 9.37 Å². The van der Waals surface area contributed by atoms with Gasteiger partial charge in [0.05, 0.1) is 11.3 Å². The fourth-order valence-electron chi connectivity index (χ4n) is 3.38. The van der Waals surface area contributed by atoms with Crippen LogP contribution in [0.5, 0.6) is 0 Å². The number of anilines is 3. The van der Waals surface area contributed by atoms with Crippen LogP contribution in [0.2, 0.25) is 0 Å². The van der Waals surface area contributed by atoms with Gasteiger partial charge in [0.15, 0.2) is 0 Å². The van der Waals surface area contributed by atoms with Gasteiger partial charge < -0.3 is 25.8 Å². The Morgan fingerprint density at radius 2 is 1.95 bits per heavy atom. The van der Waals surface area contributed by atoms with E-state index in [2.05, 4.69) is 44.7 Å². The number of rotatable bonds is 13. The highest BCUT2D eigenvalue weighted by molar-refractivity contribution is 5.92. The van der Waals surface area contributed by atoms with Crippen LogP contribution in [-0.2, 0) is 9.59 Å². The Morgan fingerprint density at radius 3 is 2.64 bits per heavy atom. The Balaban J connectivity index is 1.93. The minimum atomic E-state index is -0.584. The first-order chi connectivity index (χ1) is 18.6. The molecule has 1 aromatic carbocycles. The predicted octanol–water partition coefficient (Wildman–Crippen LogP) is 3.70. The molecule has 3 N–H and O–H groups in total. The van der Waals surface area contributed by atoms with E-state index in [1.54, 1.807) is 32.2 Å². The van der Waals surface area contributed by atoms with E-state index in [0.717, 1.165) is 13.0 Å². The van der Waals surface area contributed by atoms with Crippen molar-refractivity contribution in [3.8, 4) is 11.8 Å². The topological polar surface area (TPSA) is 102 Å². The summed E-state index contributed by atoms with van der Waals surface area (Å²) in [7, 11) is 5.45. The maximum absolute atomic E-state index is 13.5. The van der Waals surface area contributed by atoms with E-state index in [4.69, 9.17) is 0 Å². The maximum atomic E-state index is 13.5. The Labute approximate surface area is 231 Å². The van der Waals surface area contributed by atoms with Crippen molar-refractivity contribution >= 4 is 29.3 Å². The molecule has 0 fully saturated rings. The second kappa shape index (κ2) is 16.1. The number of carbonyl (C=O) groups excluding carboxylic acids is 2. The number of hydrogen-bond donors (Lipinski definition) is 3. The number of carbonyl (C=O) groups is 2. The summed E-state index contributed by atoms with van der Waals surface area (Å²) in [5.74, 6) is 6.50. The lowest BCUT2D eigenvalue weighted by atomic mass is 10.2. The van der Waals surface area contributed by atoms with E-state index in [9.17, 15) is 14.0 Å². The van der Waals surface area contributed by atoms with Crippen molar-refractivity contribution in [3.05, 3.63) is 53.5 Å². The lowest BCUT2D eigenvalue weighted by Gasteiger charge is -2.23. The molecule has 0 aliphatic carbocycles. The van der Waals surface area contributed by atoms with E-state index < -0.39 is 6.04 Å². The van der Waals surface area contributed by atoms with Crippen molar-refractivity contribution in [2.24, 2.45) is 0 Å². The molecule has 210 valence electrons. The van der Waals surface area contributed by atoms with Gasteiger partial charge in [0, 0.05) is 44.9 Å². The van der Waals surface area contributed by atoms with Crippen LogP contribution < -0.4 is 16.0 Å². The fraction of sp³-hybridized carbons (Fsp3) is 0.448. The molecule has 0 radical (unpaired) electrons. The van der Waals surface area contributed by atoms with Crippen LogP contribution in [0.1, 0.15) is 44.4 Å². The van der Waals surface area contributed by atoms with Crippen LogP contribution in [0.4, 0.5) is 21.8 Å². The number of halogens is 1. The van der Waals surface area contributed by atoms with Crippen molar-refractivity contribution < 1.29 is 14.0 Å². The van der Waals surface area contributed by atoms with Gasteiger partial charge in [0.1, 0.15) is 17.7 Å². The highest BCUT2D eigenvalue weighted by atomic mass is 19.1. The number of unbranched alkanes of at least 4 members (excludes halogenated alkanes) is 1. The smallest absolute Gasteiger partial charge is 0.246 e. The minimum Gasteiger partial charge on any atom is -0.369 e. The van der Waals surface area contributed by atoms with E-state index >= 15 is 0 Å². The minimum absolute atomic E-state index is 0.212. The average Bonchev–Trinajstić information content (AvgIpc) is 2.89. The quantitative estimate of drug-likeness (QED) is 0.203. The Hall–Kier alpha value is -3.97. The molecule has 1 atom stereocenters. The number of amides is 2. The third-order valence-electron chi connectivity index (χ3n) is 5.74. The largest absolute Gasteiger partial charge is 0.369 e. The molecule has 0 unspecified atom stereocenters. The number of aryl methyl sites for hydroxylation is 1. The monoisotopic (exact) mass is 537 g/mol. The van der Waals surface area contributed by atoms with Gasteiger partial charge in [-0.3, -0.25) is 9.59 Å². The summed E-state index contributed by atoms with van der Waals surface area (Å²) >= 11 is 0. The summed E-state index contributed by atoms with van der Waals surface area (Å²) in [6.45, 7) is 7.43. The van der Waals surface area contributed by atoms with Crippen LogP contribution in [-0.4, -0.2) is 78.4 Å². The molecule has 0 bridgehead atoms. The second-order valence-electron chi connectivity index (χ2n) is 9.40. The van der Waals surface area contributed by atoms with Gasteiger partial charge in [-0.05, 0) is 59.0 Å². The number of aromatic nitrogens is 2. The average molecular weight is 538 g/mol. The molecule has 0 spiro atoms. The molecule has 0 saturated heterocycles. The van der Waals surface area contributed by atoms with Gasteiger partial charge in [0.2, 0.25) is 17.8 Å². The van der Waals surface area contributed by atoms with Crippen molar-refractivity contribution in [2.75, 3.05) is 51.4 Å². The second-order valence-corrected chi connectivity index (χ2v) is 9.40. The molecule has 1 aromatic heterocycles. The summed E-state index contributed by atoms with van der Waals surface area (Å²) in [5.41, 5.74) is 1.96. The molecule has 0 aliphatic rings. The van der Waals surface area contributed by atoms with Gasteiger partial charge >= 0.3 is 0 Å². The molecule has 0 saturated carbocycles. The lowest BCUT2D eigenvalue weighted by molar-refractivity contribution is -0.135.